The number of hydrogen-bond acceptors (Lipinski definition) is 2. The SMILES string of the molecule is O=C(O)C1CC2CCCCC2N1Cc1ccc(I)cc1. The topological polar surface area (TPSA) is 40.5 Å². The average molecular weight is 385 g/mol. The molecule has 0 amide bonds. The Hall–Kier alpha value is -0.620. The van der Waals surface area contributed by atoms with Crippen molar-refractivity contribution >= 4 is 28.6 Å². The van der Waals surface area contributed by atoms with Crippen LogP contribution in [-0.2, 0) is 11.3 Å². The number of rotatable bonds is 3. The van der Waals surface area contributed by atoms with Crippen LogP contribution in [-0.4, -0.2) is 28.1 Å². The van der Waals surface area contributed by atoms with Crippen LogP contribution in [0.5, 0.6) is 0 Å². The molecule has 1 aliphatic heterocycles. The van der Waals surface area contributed by atoms with E-state index in [0.29, 0.717) is 12.0 Å². The Morgan fingerprint density at radius 2 is 1.95 bits per heavy atom. The van der Waals surface area contributed by atoms with Gasteiger partial charge in [-0.2, -0.15) is 0 Å². The molecule has 3 unspecified atom stereocenters. The summed E-state index contributed by atoms with van der Waals surface area (Å²) in [6, 6.07) is 8.62. The molecular formula is C16H20INO2. The number of carboxylic acids is 1. The number of fused-ring (bicyclic) bond motifs is 1. The van der Waals surface area contributed by atoms with E-state index in [1.165, 1.54) is 34.8 Å². The fourth-order valence-electron chi connectivity index (χ4n) is 3.82. The van der Waals surface area contributed by atoms with Gasteiger partial charge >= 0.3 is 5.97 Å². The highest BCUT2D eigenvalue weighted by atomic mass is 127. The fourth-order valence-corrected chi connectivity index (χ4v) is 4.18. The van der Waals surface area contributed by atoms with Crippen LogP contribution in [0.4, 0.5) is 0 Å². The molecule has 1 saturated heterocycles. The summed E-state index contributed by atoms with van der Waals surface area (Å²) in [5.74, 6) is -0.0568. The summed E-state index contributed by atoms with van der Waals surface area (Å²) in [6.07, 6.45) is 5.72. The van der Waals surface area contributed by atoms with Gasteiger partial charge in [-0.25, -0.2) is 0 Å². The Bertz CT molecular complexity index is 488. The molecule has 4 heteroatoms. The predicted molar refractivity (Wildman–Crippen MR) is 86.5 cm³/mol. The van der Waals surface area contributed by atoms with Gasteiger partial charge in [0.1, 0.15) is 6.04 Å². The van der Waals surface area contributed by atoms with Gasteiger partial charge in [0.2, 0.25) is 0 Å². The third-order valence-electron chi connectivity index (χ3n) is 4.78. The lowest BCUT2D eigenvalue weighted by Crippen LogP contribution is -2.41. The van der Waals surface area contributed by atoms with Crippen LogP contribution in [0.1, 0.15) is 37.7 Å². The number of halogens is 1. The number of carboxylic acid groups (broad SMARTS) is 1. The van der Waals surface area contributed by atoms with Crippen molar-refractivity contribution in [2.45, 2.75) is 50.7 Å². The number of carbonyl (C=O) groups is 1. The summed E-state index contributed by atoms with van der Waals surface area (Å²) in [5.41, 5.74) is 1.22. The van der Waals surface area contributed by atoms with Gasteiger partial charge in [-0.1, -0.05) is 25.0 Å². The summed E-state index contributed by atoms with van der Waals surface area (Å²) in [5, 5.41) is 9.51. The zero-order chi connectivity index (χ0) is 14.1. The molecule has 1 aliphatic carbocycles. The first-order chi connectivity index (χ1) is 9.65. The van der Waals surface area contributed by atoms with Crippen molar-refractivity contribution in [3.05, 3.63) is 33.4 Å². The second-order valence-corrected chi connectivity index (χ2v) is 7.25. The molecule has 2 aliphatic rings. The van der Waals surface area contributed by atoms with Crippen molar-refractivity contribution < 1.29 is 9.90 Å². The van der Waals surface area contributed by atoms with Crippen molar-refractivity contribution in [1.29, 1.82) is 0 Å². The Kier molecular flexibility index (Phi) is 4.31. The lowest BCUT2D eigenvalue weighted by molar-refractivity contribution is -0.142. The zero-order valence-electron chi connectivity index (χ0n) is 11.5. The van der Waals surface area contributed by atoms with Gasteiger partial charge in [0, 0.05) is 16.2 Å². The maximum absolute atomic E-state index is 11.6. The van der Waals surface area contributed by atoms with Crippen LogP contribution in [0.15, 0.2) is 24.3 Å². The van der Waals surface area contributed by atoms with Crippen LogP contribution in [0, 0.1) is 9.49 Å². The largest absolute Gasteiger partial charge is 0.480 e. The van der Waals surface area contributed by atoms with Crippen LogP contribution in [0.25, 0.3) is 0 Å². The number of likely N-dealkylation sites (tertiary alicyclic amines) is 1. The normalized spacial score (nSPS) is 30.1. The van der Waals surface area contributed by atoms with Crippen LogP contribution in [0.2, 0.25) is 0 Å². The maximum Gasteiger partial charge on any atom is 0.320 e. The highest BCUT2D eigenvalue weighted by molar-refractivity contribution is 14.1. The van der Waals surface area contributed by atoms with Crippen molar-refractivity contribution in [2.24, 2.45) is 5.92 Å². The fraction of sp³-hybridized carbons (Fsp3) is 0.562. The minimum Gasteiger partial charge on any atom is -0.480 e. The second kappa shape index (κ2) is 6.02. The van der Waals surface area contributed by atoms with Crippen molar-refractivity contribution in [3.8, 4) is 0 Å². The number of benzene rings is 1. The highest BCUT2D eigenvalue weighted by Crippen LogP contribution is 2.40. The van der Waals surface area contributed by atoms with Gasteiger partial charge in [0.25, 0.3) is 0 Å². The van der Waals surface area contributed by atoms with Crippen LogP contribution < -0.4 is 0 Å². The standard InChI is InChI=1S/C16H20INO2/c17-13-7-5-11(6-8-13)10-18-14-4-2-1-3-12(14)9-15(18)16(19)20/h5-8,12,14-15H,1-4,9-10H2,(H,19,20). The lowest BCUT2D eigenvalue weighted by Gasteiger charge is -2.33. The van der Waals surface area contributed by atoms with Gasteiger partial charge in [0.05, 0.1) is 0 Å². The molecule has 2 fully saturated rings. The van der Waals surface area contributed by atoms with E-state index >= 15 is 0 Å². The van der Waals surface area contributed by atoms with E-state index in [9.17, 15) is 9.90 Å². The first kappa shape index (κ1) is 14.3. The molecule has 1 heterocycles. The van der Waals surface area contributed by atoms with Gasteiger partial charge < -0.3 is 5.11 Å². The van der Waals surface area contributed by atoms with E-state index in [2.05, 4.69) is 51.8 Å². The molecule has 0 aromatic heterocycles. The lowest BCUT2D eigenvalue weighted by atomic mass is 9.84. The van der Waals surface area contributed by atoms with E-state index < -0.39 is 5.97 Å². The van der Waals surface area contributed by atoms with Crippen LogP contribution in [0.3, 0.4) is 0 Å². The average Bonchev–Trinajstić information content (AvgIpc) is 2.81. The molecule has 3 nitrogen and oxygen atoms in total. The van der Waals surface area contributed by atoms with E-state index in [4.69, 9.17) is 0 Å². The molecule has 1 saturated carbocycles. The molecule has 108 valence electrons. The van der Waals surface area contributed by atoms with E-state index in [1.54, 1.807) is 0 Å². The predicted octanol–water partition coefficient (Wildman–Crippen LogP) is 3.51. The number of aliphatic carboxylic acids is 1. The smallest absolute Gasteiger partial charge is 0.320 e. The molecule has 20 heavy (non-hydrogen) atoms. The Morgan fingerprint density at radius 3 is 2.65 bits per heavy atom. The van der Waals surface area contributed by atoms with Crippen LogP contribution >= 0.6 is 22.6 Å². The minimum atomic E-state index is -0.648. The molecule has 0 radical (unpaired) electrons. The molecule has 0 bridgehead atoms. The van der Waals surface area contributed by atoms with E-state index in [1.807, 2.05) is 0 Å². The quantitative estimate of drug-likeness (QED) is 0.810. The Labute approximate surface area is 133 Å². The summed E-state index contributed by atoms with van der Waals surface area (Å²) >= 11 is 2.30. The third-order valence-corrected chi connectivity index (χ3v) is 5.50. The maximum atomic E-state index is 11.6. The summed E-state index contributed by atoms with van der Waals surface area (Å²) in [7, 11) is 0. The minimum absolute atomic E-state index is 0.289. The van der Waals surface area contributed by atoms with E-state index in [0.717, 1.165) is 13.0 Å². The highest BCUT2D eigenvalue weighted by Gasteiger charge is 2.44. The molecule has 1 aromatic carbocycles. The third kappa shape index (κ3) is 2.86. The molecule has 1 aromatic rings. The van der Waals surface area contributed by atoms with Gasteiger partial charge in [-0.15, -0.1) is 0 Å². The second-order valence-electron chi connectivity index (χ2n) is 6.00. The summed E-state index contributed by atoms with van der Waals surface area (Å²) in [6.45, 7) is 0.773. The molecule has 1 N–H and O–H groups in total. The Morgan fingerprint density at radius 1 is 1.25 bits per heavy atom. The first-order valence-corrected chi connectivity index (χ1v) is 8.46. The zero-order valence-corrected chi connectivity index (χ0v) is 13.6. The first-order valence-electron chi connectivity index (χ1n) is 7.38. The Balaban J connectivity index is 1.80. The molecule has 3 atom stereocenters. The summed E-state index contributed by atoms with van der Waals surface area (Å²) < 4.78 is 1.22. The molecular weight excluding hydrogens is 365 g/mol. The van der Waals surface area contributed by atoms with Gasteiger partial charge in [-0.3, -0.25) is 9.69 Å². The molecule has 0 spiro atoms. The number of nitrogens with zero attached hydrogens (tertiary/aromatic N) is 1. The van der Waals surface area contributed by atoms with Crippen molar-refractivity contribution in [2.75, 3.05) is 0 Å². The summed E-state index contributed by atoms with van der Waals surface area (Å²) in [4.78, 5) is 13.8. The monoisotopic (exact) mass is 385 g/mol. The molecule has 3 rings (SSSR count). The number of hydrogen-bond donors (Lipinski definition) is 1. The van der Waals surface area contributed by atoms with Crippen molar-refractivity contribution in [1.82, 2.24) is 4.90 Å². The van der Waals surface area contributed by atoms with E-state index in [-0.39, 0.29) is 6.04 Å². The van der Waals surface area contributed by atoms with Gasteiger partial charge in [-0.05, 0) is 65.5 Å². The van der Waals surface area contributed by atoms with Gasteiger partial charge in [0.15, 0.2) is 0 Å². The van der Waals surface area contributed by atoms with Crippen molar-refractivity contribution in [3.63, 3.8) is 0 Å².